The lowest BCUT2D eigenvalue weighted by Crippen LogP contribution is -2.27. The molecule has 108 valence electrons. The van der Waals surface area contributed by atoms with Gasteiger partial charge in [-0.15, -0.1) is 0 Å². The smallest absolute Gasteiger partial charge is 0.246 e. The fourth-order valence-electron chi connectivity index (χ4n) is 2.07. The van der Waals surface area contributed by atoms with E-state index < -0.39 is 10.0 Å². The Hall–Kier alpha value is -1.66. The van der Waals surface area contributed by atoms with Gasteiger partial charge in [0.2, 0.25) is 10.0 Å². The molecule has 0 aliphatic heterocycles. The minimum Gasteiger partial charge on any atom is -0.360 e. The molecule has 0 spiro atoms. The molecule has 0 radical (unpaired) electrons. The van der Waals surface area contributed by atoms with Crippen LogP contribution in [0.5, 0.6) is 0 Å². The first-order valence-corrected chi connectivity index (χ1v) is 7.81. The number of sulfonamides is 1. The van der Waals surface area contributed by atoms with Gasteiger partial charge in [0, 0.05) is 6.04 Å². The van der Waals surface area contributed by atoms with Gasteiger partial charge in [-0.3, -0.25) is 0 Å². The molecule has 6 heteroatoms. The molecule has 1 N–H and O–H groups in total. The van der Waals surface area contributed by atoms with Gasteiger partial charge in [-0.1, -0.05) is 35.0 Å². The third-order valence-corrected chi connectivity index (χ3v) is 4.93. The van der Waals surface area contributed by atoms with Crippen molar-refractivity contribution in [3.63, 3.8) is 0 Å². The van der Waals surface area contributed by atoms with Gasteiger partial charge >= 0.3 is 0 Å². The molecule has 0 aliphatic carbocycles. The van der Waals surface area contributed by atoms with E-state index in [-0.39, 0.29) is 10.9 Å². The molecule has 1 aromatic carbocycles. The minimum atomic E-state index is -3.64. The van der Waals surface area contributed by atoms with Gasteiger partial charge in [-0.2, -0.15) is 0 Å². The maximum absolute atomic E-state index is 12.4. The van der Waals surface area contributed by atoms with Crippen LogP contribution in [-0.4, -0.2) is 13.6 Å². The quantitative estimate of drug-likeness (QED) is 0.941. The highest BCUT2D eigenvalue weighted by Gasteiger charge is 2.26. The monoisotopic (exact) mass is 294 g/mol. The fourth-order valence-corrected chi connectivity index (χ4v) is 3.63. The topological polar surface area (TPSA) is 72.2 Å². The zero-order valence-electron chi connectivity index (χ0n) is 12.0. The van der Waals surface area contributed by atoms with Gasteiger partial charge in [0.25, 0.3) is 0 Å². The third kappa shape index (κ3) is 2.91. The average Bonchev–Trinajstić information content (AvgIpc) is 2.69. The molecule has 1 atom stereocenters. The largest absolute Gasteiger partial charge is 0.360 e. The highest BCUT2D eigenvalue weighted by molar-refractivity contribution is 7.89. The summed E-state index contributed by atoms with van der Waals surface area (Å²) >= 11 is 0. The molecule has 0 amide bonds. The molecule has 0 bridgehead atoms. The van der Waals surface area contributed by atoms with E-state index in [9.17, 15) is 8.42 Å². The molecule has 1 heterocycles. The van der Waals surface area contributed by atoms with Gasteiger partial charge in [0.1, 0.15) is 10.6 Å². The standard InChI is InChI=1S/C14H18N2O3S/c1-9-5-7-13(8-6-9)10(2)16-20(17,18)14-11(3)15-19-12(14)4/h5-8,10,16H,1-4H3. The lowest BCUT2D eigenvalue weighted by atomic mass is 10.1. The number of rotatable bonds is 4. The second kappa shape index (κ2) is 5.38. The van der Waals surface area contributed by atoms with Gasteiger partial charge in [-0.25, -0.2) is 13.1 Å². The summed E-state index contributed by atoms with van der Waals surface area (Å²) in [6.45, 7) is 7.00. The van der Waals surface area contributed by atoms with Crippen LogP contribution >= 0.6 is 0 Å². The number of hydrogen-bond acceptors (Lipinski definition) is 4. The molecule has 5 nitrogen and oxygen atoms in total. The Bertz CT molecular complexity index is 683. The summed E-state index contributed by atoms with van der Waals surface area (Å²) in [4.78, 5) is 0.122. The van der Waals surface area contributed by atoms with Gasteiger partial charge in [0.05, 0.1) is 0 Å². The van der Waals surface area contributed by atoms with E-state index in [4.69, 9.17) is 4.52 Å². The van der Waals surface area contributed by atoms with E-state index in [2.05, 4.69) is 9.88 Å². The fraction of sp³-hybridized carbons (Fsp3) is 0.357. The summed E-state index contributed by atoms with van der Waals surface area (Å²) in [6.07, 6.45) is 0. The van der Waals surface area contributed by atoms with Crippen LogP contribution in [0.25, 0.3) is 0 Å². The molecule has 1 aromatic heterocycles. The number of benzene rings is 1. The molecule has 1 unspecified atom stereocenters. The predicted octanol–water partition coefficient (Wildman–Crippen LogP) is 2.64. The second-order valence-electron chi connectivity index (χ2n) is 4.91. The van der Waals surface area contributed by atoms with Crippen molar-refractivity contribution in [3.8, 4) is 0 Å². The van der Waals surface area contributed by atoms with Crippen molar-refractivity contribution in [1.82, 2.24) is 9.88 Å². The first-order valence-electron chi connectivity index (χ1n) is 6.33. The van der Waals surface area contributed by atoms with Crippen molar-refractivity contribution in [2.24, 2.45) is 0 Å². The van der Waals surface area contributed by atoms with Gasteiger partial charge < -0.3 is 4.52 Å². The summed E-state index contributed by atoms with van der Waals surface area (Å²) in [6, 6.07) is 7.41. The van der Waals surface area contributed by atoms with Crippen molar-refractivity contribution in [1.29, 1.82) is 0 Å². The third-order valence-electron chi connectivity index (χ3n) is 3.15. The first-order chi connectivity index (χ1) is 9.31. The molecule has 0 fully saturated rings. The van der Waals surface area contributed by atoms with Crippen LogP contribution in [0.3, 0.4) is 0 Å². The van der Waals surface area contributed by atoms with E-state index in [1.807, 2.05) is 31.2 Å². The lowest BCUT2D eigenvalue weighted by molar-refractivity contribution is 0.390. The molecule has 20 heavy (non-hydrogen) atoms. The predicted molar refractivity (Wildman–Crippen MR) is 75.9 cm³/mol. The summed E-state index contributed by atoms with van der Waals surface area (Å²) in [5.41, 5.74) is 2.41. The normalized spacial score (nSPS) is 13.4. The average molecular weight is 294 g/mol. The Morgan fingerprint density at radius 3 is 2.25 bits per heavy atom. The molecule has 0 saturated carbocycles. The van der Waals surface area contributed by atoms with E-state index in [1.165, 1.54) is 0 Å². The Labute approximate surface area is 119 Å². The highest BCUT2D eigenvalue weighted by atomic mass is 32.2. The molecule has 2 aromatic rings. The molecular weight excluding hydrogens is 276 g/mol. The van der Waals surface area contributed by atoms with E-state index >= 15 is 0 Å². The van der Waals surface area contributed by atoms with Crippen LogP contribution in [0.1, 0.15) is 35.5 Å². The van der Waals surface area contributed by atoms with E-state index in [0.717, 1.165) is 11.1 Å². The number of aryl methyl sites for hydroxylation is 3. The van der Waals surface area contributed by atoms with Crippen LogP contribution in [0, 0.1) is 20.8 Å². The zero-order chi connectivity index (χ0) is 14.9. The van der Waals surface area contributed by atoms with Crippen molar-refractivity contribution >= 4 is 10.0 Å². The summed E-state index contributed by atoms with van der Waals surface area (Å²) in [5.74, 6) is 0.297. The minimum absolute atomic E-state index is 0.122. The zero-order valence-corrected chi connectivity index (χ0v) is 12.8. The highest BCUT2D eigenvalue weighted by Crippen LogP contribution is 2.22. The Balaban J connectivity index is 2.27. The van der Waals surface area contributed by atoms with Crippen LogP contribution in [0.2, 0.25) is 0 Å². The Morgan fingerprint density at radius 1 is 1.15 bits per heavy atom. The SMILES string of the molecule is Cc1ccc(C(C)NS(=O)(=O)c2c(C)noc2C)cc1. The Morgan fingerprint density at radius 2 is 1.75 bits per heavy atom. The van der Waals surface area contributed by atoms with Crippen molar-refractivity contribution in [3.05, 3.63) is 46.8 Å². The Kier molecular flexibility index (Phi) is 3.96. The number of aromatic nitrogens is 1. The van der Waals surface area contributed by atoms with Crippen LogP contribution in [0.15, 0.2) is 33.7 Å². The summed E-state index contributed by atoms with van der Waals surface area (Å²) < 4.78 is 32.3. The molecule has 2 rings (SSSR count). The maximum Gasteiger partial charge on any atom is 0.246 e. The van der Waals surface area contributed by atoms with Crippen LogP contribution in [-0.2, 0) is 10.0 Å². The maximum atomic E-state index is 12.4. The van der Waals surface area contributed by atoms with Crippen molar-refractivity contribution in [2.45, 2.75) is 38.6 Å². The first kappa shape index (κ1) is 14.7. The molecule has 0 aliphatic rings. The summed E-state index contributed by atoms with van der Waals surface area (Å²) in [5, 5.41) is 3.68. The van der Waals surface area contributed by atoms with Gasteiger partial charge in [0.15, 0.2) is 5.76 Å². The number of nitrogens with zero attached hydrogens (tertiary/aromatic N) is 1. The van der Waals surface area contributed by atoms with Crippen LogP contribution < -0.4 is 4.72 Å². The van der Waals surface area contributed by atoms with E-state index in [1.54, 1.807) is 20.8 Å². The molecule has 0 saturated heterocycles. The van der Waals surface area contributed by atoms with Gasteiger partial charge in [-0.05, 0) is 33.3 Å². The lowest BCUT2D eigenvalue weighted by Gasteiger charge is -2.14. The van der Waals surface area contributed by atoms with E-state index in [0.29, 0.717) is 11.5 Å². The van der Waals surface area contributed by atoms with Crippen molar-refractivity contribution in [2.75, 3.05) is 0 Å². The summed E-state index contributed by atoms with van der Waals surface area (Å²) in [7, 11) is -3.64. The van der Waals surface area contributed by atoms with Crippen molar-refractivity contribution < 1.29 is 12.9 Å². The van der Waals surface area contributed by atoms with Crippen LogP contribution in [0.4, 0.5) is 0 Å². The number of nitrogens with one attached hydrogen (secondary N) is 1. The number of hydrogen-bond donors (Lipinski definition) is 1. The molecular formula is C14H18N2O3S. The second-order valence-corrected chi connectivity index (χ2v) is 6.56.